The Bertz CT molecular complexity index is 362. The van der Waals surface area contributed by atoms with Crippen molar-refractivity contribution in [3.8, 4) is 0 Å². The number of hydrogen-bond donors (Lipinski definition) is 3. The normalized spacial score (nSPS) is 29.7. The molecule has 1 aliphatic heterocycles. The summed E-state index contributed by atoms with van der Waals surface area (Å²) in [6, 6.07) is 0. The number of aliphatic hydroxyl groups is 1. The maximum atomic E-state index is 10.3. The van der Waals surface area contributed by atoms with Crippen molar-refractivity contribution < 1.29 is 9.84 Å². The van der Waals surface area contributed by atoms with Gasteiger partial charge >= 0.3 is 0 Å². The number of guanidine groups is 1. The Hall–Kier alpha value is -0.0800. The van der Waals surface area contributed by atoms with E-state index >= 15 is 0 Å². The lowest BCUT2D eigenvalue weighted by atomic mass is 9.73. The third-order valence-electron chi connectivity index (χ3n) is 5.12. The van der Waals surface area contributed by atoms with Crippen LogP contribution >= 0.6 is 24.0 Å². The van der Waals surface area contributed by atoms with Crippen LogP contribution in [0.25, 0.3) is 0 Å². The molecule has 2 atom stereocenters. The van der Waals surface area contributed by atoms with Crippen LogP contribution in [-0.2, 0) is 4.74 Å². The van der Waals surface area contributed by atoms with E-state index in [9.17, 15) is 5.11 Å². The largest absolute Gasteiger partial charge is 0.392 e. The van der Waals surface area contributed by atoms with E-state index in [0.29, 0.717) is 12.5 Å². The molecule has 5 nitrogen and oxygen atoms in total. The van der Waals surface area contributed by atoms with E-state index < -0.39 is 0 Å². The Kier molecular flexibility index (Phi) is 9.77. The van der Waals surface area contributed by atoms with Gasteiger partial charge in [0, 0.05) is 31.7 Å². The molecule has 136 valence electrons. The molecule has 1 heterocycles. The van der Waals surface area contributed by atoms with Crippen LogP contribution in [0, 0.1) is 11.3 Å². The zero-order valence-corrected chi connectivity index (χ0v) is 17.0. The molecule has 23 heavy (non-hydrogen) atoms. The van der Waals surface area contributed by atoms with Gasteiger partial charge in [-0.05, 0) is 38.5 Å². The molecule has 1 aliphatic carbocycles. The first-order valence-corrected chi connectivity index (χ1v) is 8.92. The molecule has 0 radical (unpaired) electrons. The van der Waals surface area contributed by atoms with Crippen molar-refractivity contribution in [1.82, 2.24) is 10.6 Å². The first-order chi connectivity index (χ1) is 10.6. The Morgan fingerprint density at radius 1 is 1.22 bits per heavy atom. The molecule has 3 N–H and O–H groups in total. The summed E-state index contributed by atoms with van der Waals surface area (Å²) in [5.41, 5.74) is -0.0702. The molecule has 2 unspecified atom stereocenters. The summed E-state index contributed by atoms with van der Waals surface area (Å²) in [5.74, 6) is 1.56. The van der Waals surface area contributed by atoms with E-state index in [1.807, 2.05) is 0 Å². The monoisotopic (exact) mass is 439 g/mol. The van der Waals surface area contributed by atoms with Crippen LogP contribution < -0.4 is 10.6 Å². The van der Waals surface area contributed by atoms with Gasteiger partial charge < -0.3 is 20.5 Å². The minimum Gasteiger partial charge on any atom is -0.392 e. The summed E-state index contributed by atoms with van der Waals surface area (Å²) >= 11 is 0. The van der Waals surface area contributed by atoms with Crippen molar-refractivity contribution >= 4 is 29.9 Å². The van der Waals surface area contributed by atoms with Gasteiger partial charge in [-0.15, -0.1) is 24.0 Å². The number of ether oxygens (including phenoxy) is 1. The maximum Gasteiger partial charge on any atom is 0.191 e. The molecule has 0 aromatic carbocycles. The first kappa shape index (κ1) is 21.0. The van der Waals surface area contributed by atoms with E-state index in [2.05, 4.69) is 24.5 Å². The Labute approximate surface area is 158 Å². The van der Waals surface area contributed by atoms with E-state index in [1.165, 1.54) is 6.42 Å². The van der Waals surface area contributed by atoms with Crippen LogP contribution in [0.3, 0.4) is 0 Å². The molecule has 0 aromatic heterocycles. The number of rotatable bonds is 5. The van der Waals surface area contributed by atoms with E-state index in [-0.39, 0.29) is 35.5 Å². The van der Waals surface area contributed by atoms with Crippen LogP contribution in [0.15, 0.2) is 4.99 Å². The number of aliphatic imine (C=N–C) groups is 1. The van der Waals surface area contributed by atoms with Crippen LogP contribution in [0.1, 0.15) is 52.4 Å². The van der Waals surface area contributed by atoms with Crippen molar-refractivity contribution in [1.29, 1.82) is 0 Å². The Balaban J connectivity index is 0.00000264. The molecule has 1 saturated carbocycles. The Morgan fingerprint density at radius 2 is 1.96 bits per heavy atom. The summed E-state index contributed by atoms with van der Waals surface area (Å²) in [5, 5.41) is 17.1. The van der Waals surface area contributed by atoms with Crippen molar-refractivity contribution in [3.05, 3.63) is 0 Å². The van der Waals surface area contributed by atoms with Crippen LogP contribution in [0.4, 0.5) is 0 Å². The number of hydrogen-bond acceptors (Lipinski definition) is 3. The molecule has 2 fully saturated rings. The molecule has 2 rings (SSSR count). The number of nitrogens with one attached hydrogen (secondary N) is 2. The van der Waals surface area contributed by atoms with Crippen LogP contribution in [0.5, 0.6) is 0 Å². The smallest absolute Gasteiger partial charge is 0.191 e. The van der Waals surface area contributed by atoms with Gasteiger partial charge in [-0.2, -0.15) is 0 Å². The average Bonchev–Trinajstić information content (AvgIpc) is 2.54. The maximum absolute atomic E-state index is 10.3. The zero-order valence-electron chi connectivity index (χ0n) is 14.6. The fraction of sp³-hybridized carbons (Fsp3) is 0.941. The minimum absolute atomic E-state index is 0. The summed E-state index contributed by atoms with van der Waals surface area (Å²) < 4.78 is 5.40. The molecular formula is C17H34IN3O2. The van der Waals surface area contributed by atoms with Gasteiger partial charge in [-0.3, -0.25) is 4.99 Å². The number of halogens is 1. The predicted octanol–water partition coefficient (Wildman–Crippen LogP) is 2.53. The molecular weight excluding hydrogens is 405 g/mol. The van der Waals surface area contributed by atoms with Crippen LogP contribution in [-0.4, -0.2) is 50.0 Å². The molecule has 2 aliphatic rings. The number of nitrogens with zero attached hydrogens (tertiary/aromatic N) is 1. The molecule has 6 heteroatoms. The SMILES string of the molecule is CCNC(=NCC1(C)CCCCC1O)NCC1CCOCC1.I. The van der Waals surface area contributed by atoms with E-state index in [0.717, 1.165) is 64.4 Å². The second-order valence-corrected chi connectivity index (χ2v) is 7.05. The third kappa shape index (κ3) is 6.74. The quantitative estimate of drug-likeness (QED) is 0.350. The highest BCUT2D eigenvalue weighted by Crippen LogP contribution is 2.36. The molecule has 0 spiro atoms. The Morgan fingerprint density at radius 3 is 2.61 bits per heavy atom. The molecule has 1 saturated heterocycles. The van der Waals surface area contributed by atoms with Gasteiger partial charge in [0.2, 0.25) is 0 Å². The van der Waals surface area contributed by atoms with Crippen molar-refractivity contribution in [2.45, 2.75) is 58.5 Å². The first-order valence-electron chi connectivity index (χ1n) is 8.92. The van der Waals surface area contributed by atoms with Crippen molar-refractivity contribution in [3.63, 3.8) is 0 Å². The minimum atomic E-state index is -0.219. The van der Waals surface area contributed by atoms with Gasteiger partial charge in [0.25, 0.3) is 0 Å². The van der Waals surface area contributed by atoms with E-state index in [4.69, 9.17) is 9.73 Å². The standard InChI is InChI=1S/C17H33N3O2.HI/c1-3-18-16(19-12-14-7-10-22-11-8-14)20-13-17(2)9-5-4-6-15(17)21;/h14-15,21H,3-13H2,1-2H3,(H2,18,19,20);1H. The fourth-order valence-electron chi connectivity index (χ4n) is 3.36. The molecule has 0 amide bonds. The second-order valence-electron chi connectivity index (χ2n) is 7.05. The van der Waals surface area contributed by atoms with E-state index in [1.54, 1.807) is 0 Å². The number of aliphatic hydroxyl groups excluding tert-OH is 1. The highest BCUT2D eigenvalue weighted by atomic mass is 127. The molecule has 0 bridgehead atoms. The topological polar surface area (TPSA) is 65.9 Å². The lowest BCUT2D eigenvalue weighted by Gasteiger charge is -2.37. The second kappa shape index (κ2) is 10.7. The summed E-state index contributed by atoms with van der Waals surface area (Å²) in [6.45, 7) is 8.52. The highest BCUT2D eigenvalue weighted by Gasteiger charge is 2.35. The third-order valence-corrected chi connectivity index (χ3v) is 5.12. The lowest BCUT2D eigenvalue weighted by Crippen LogP contribution is -2.43. The van der Waals surface area contributed by atoms with Gasteiger partial charge in [-0.1, -0.05) is 19.8 Å². The van der Waals surface area contributed by atoms with Gasteiger partial charge in [0.05, 0.1) is 12.6 Å². The van der Waals surface area contributed by atoms with Crippen molar-refractivity contribution in [2.75, 3.05) is 32.8 Å². The van der Waals surface area contributed by atoms with Gasteiger partial charge in [0.1, 0.15) is 0 Å². The van der Waals surface area contributed by atoms with Gasteiger partial charge in [-0.25, -0.2) is 0 Å². The molecule has 0 aromatic rings. The lowest BCUT2D eigenvalue weighted by molar-refractivity contribution is 0.00715. The van der Waals surface area contributed by atoms with Crippen molar-refractivity contribution in [2.24, 2.45) is 16.3 Å². The summed E-state index contributed by atoms with van der Waals surface area (Å²) in [4.78, 5) is 4.75. The van der Waals surface area contributed by atoms with Gasteiger partial charge in [0.15, 0.2) is 5.96 Å². The zero-order chi connectivity index (χ0) is 15.8. The average molecular weight is 439 g/mol. The predicted molar refractivity (Wildman–Crippen MR) is 106 cm³/mol. The fourth-order valence-corrected chi connectivity index (χ4v) is 3.36. The highest BCUT2D eigenvalue weighted by molar-refractivity contribution is 14.0. The summed E-state index contributed by atoms with van der Waals surface area (Å²) in [6.07, 6.45) is 6.36. The van der Waals surface area contributed by atoms with Crippen LogP contribution in [0.2, 0.25) is 0 Å². The summed E-state index contributed by atoms with van der Waals surface area (Å²) in [7, 11) is 0.